The Morgan fingerprint density at radius 2 is 2.00 bits per heavy atom. The molecular formula is C21H28N4O. The number of rotatable bonds is 4. The largest absolute Gasteiger partial charge is 0.365 e. The molecule has 1 aromatic carbocycles. The normalized spacial score (nSPS) is 20.8. The predicted molar refractivity (Wildman–Crippen MR) is 105 cm³/mol. The van der Waals surface area contributed by atoms with Crippen molar-refractivity contribution in [3.63, 3.8) is 0 Å². The molecule has 4 rings (SSSR count). The molecule has 5 heteroatoms. The zero-order chi connectivity index (χ0) is 17.9. The lowest BCUT2D eigenvalue weighted by atomic mass is 10.00. The molecule has 0 radical (unpaired) electrons. The fourth-order valence-electron chi connectivity index (χ4n) is 4.26. The maximum Gasteiger partial charge on any atom is 0.268 e. The molecule has 0 amide bonds. The highest BCUT2D eigenvalue weighted by molar-refractivity contribution is 5.47. The number of piperidine rings is 1. The van der Waals surface area contributed by atoms with Crippen LogP contribution < -0.4 is 10.5 Å². The molecule has 1 atom stereocenters. The lowest BCUT2D eigenvalue weighted by Crippen LogP contribution is -2.38. The third-order valence-corrected chi connectivity index (χ3v) is 5.95. The average Bonchev–Trinajstić information content (AvgIpc) is 2.68. The van der Waals surface area contributed by atoms with Gasteiger partial charge in [0.15, 0.2) is 0 Å². The van der Waals surface area contributed by atoms with Crippen molar-refractivity contribution in [1.82, 2.24) is 14.7 Å². The minimum Gasteiger partial charge on any atom is -0.365 e. The van der Waals surface area contributed by atoms with Gasteiger partial charge in [0, 0.05) is 31.7 Å². The number of benzene rings is 1. The Bertz CT molecular complexity index is 816. The van der Waals surface area contributed by atoms with E-state index in [9.17, 15) is 4.79 Å². The highest BCUT2D eigenvalue weighted by atomic mass is 16.1. The van der Waals surface area contributed by atoms with Crippen LogP contribution in [0.15, 0.2) is 41.3 Å². The number of hydrogen-bond acceptors (Lipinski definition) is 4. The molecule has 2 aromatic rings. The summed E-state index contributed by atoms with van der Waals surface area (Å²) in [5.41, 5.74) is 3.72. The number of anilines is 1. The van der Waals surface area contributed by atoms with Crippen LogP contribution in [0.2, 0.25) is 0 Å². The second-order valence-corrected chi connectivity index (χ2v) is 7.63. The number of nitrogens with zero attached hydrogens (tertiary/aromatic N) is 4. The van der Waals surface area contributed by atoms with Gasteiger partial charge in [-0.1, -0.05) is 30.7 Å². The summed E-state index contributed by atoms with van der Waals surface area (Å²) in [5, 5.41) is 4.46. The molecule has 0 unspecified atom stereocenters. The van der Waals surface area contributed by atoms with Crippen molar-refractivity contribution in [2.75, 3.05) is 25.0 Å². The average molecular weight is 352 g/mol. The van der Waals surface area contributed by atoms with E-state index in [1.165, 1.54) is 36.9 Å². The first-order valence-corrected chi connectivity index (χ1v) is 9.80. The van der Waals surface area contributed by atoms with Crippen molar-refractivity contribution >= 4 is 5.69 Å². The summed E-state index contributed by atoms with van der Waals surface area (Å²) in [6.45, 7) is 3.67. The number of likely N-dealkylation sites (tertiary alicyclic amines) is 1. The first kappa shape index (κ1) is 17.3. The van der Waals surface area contributed by atoms with Crippen LogP contribution in [0.1, 0.15) is 36.8 Å². The van der Waals surface area contributed by atoms with Gasteiger partial charge in [-0.15, -0.1) is 0 Å². The van der Waals surface area contributed by atoms with Gasteiger partial charge in [0.2, 0.25) is 0 Å². The topological polar surface area (TPSA) is 41.4 Å². The lowest BCUT2D eigenvalue weighted by molar-refractivity contribution is 0.169. The van der Waals surface area contributed by atoms with Gasteiger partial charge in [-0.25, -0.2) is 4.68 Å². The Labute approximate surface area is 155 Å². The van der Waals surface area contributed by atoms with Crippen LogP contribution in [0.4, 0.5) is 5.69 Å². The van der Waals surface area contributed by atoms with E-state index in [0.717, 1.165) is 31.6 Å². The fraction of sp³-hybridized carbons (Fsp3) is 0.524. The van der Waals surface area contributed by atoms with Crippen LogP contribution in [-0.4, -0.2) is 40.9 Å². The molecule has 0 bridgehead atoms. The zero-order valence-corrected chi connectivity index (χ0v) is 15.6. The molecule has 3 heterocycles. The second kappa shape index (κ2) is 7.62. The van der Waals surface area contributed by atoms with E-state index < -0.39 is 0 Å². The number of aryl methyl sites for hydroxylation is 1. The van der Waals surface area contributed by atoms with Crippen LogP contribution in [0.3, 0.4) is 0 Å². The monoisotopic (exact) mass is 352 g/mol. The van der Waals surface area contributed by atoms with Crippen LogP contribution in [0.5, 0.6) is 0 Å². The maximum atomic E-state index is 12.5. The van der Waals surface area contributed by atoms with Gasteiger partial charge in [-0.05, 0) is 50.4 Å². The summed E-state index contributed by atoms with van der Waals surface area (Å²) in [7, 11) is 2.19. The van der Waals surface area contributed by atoms with Gasteiger partial charge in [-0.3, -0.25) is 4.79 Å². The highest BCUT2D eigenvalue weighted by Gasteiger charge is 2.20. The molecule has 0 aliphatic carbocycles. The summed E-state index contributed by atoms with van der Waals surface area (Å²) in [4.78, 5) is 17.2. The van der Waals surface area contributed by atoms with E-state index >= 15 is 0 Å². The molecule has 1 aromatic heterocycles. The van der Waals surface area contributed by atoms with E-state index in [4.69, 9.17) is 0 Å². The molecule has 0 saturated carbocycles. The Kier molecular flexibility index (Phi) is 5.07. The molecule has 0 N–H and O–H groups in total. The Hall–Kier alpha value is -2.14. The number of hydrogen-bond donors (Lipinski definition) is 0. The molecule has 0 spiro atoms. The van der Waals surface area contributed by atoms with Gasteiger partial charge in [0.25, 0.3) is 5.56 Å². The Morgan fingerprint density at radius 1 is 1.15 bits per heavy atom. The van der Waals surface area contributed by atoms with E-state index in [2.05, 4.69) is 46.2 Å². The van der Waals surface area contributed by atoms with E-state index in [0.29, 0.717) is 12.6 Å². The number of aromatic nitrogens is 2. The van der Waals surface area contributed by atoms with Crippen LogP contribution in [0.25, 0.3) is 0 Å². The van der Waals surface area contributed by atoms with Crippen molar-refractivity contribution in [2.45, 2.75) is 51.2 Å². The molecule has 138 valence electrons. The molecule has 2 aliphatic rings. The predicted octanol–water partition coefficient (Wildman–Crippen LogP) is 2.68. The minimum absolute atomic E-state index is 0.0137. The van der Waals surface area contributed by atoms with Gasteiger partial charge in [-0.2, -0.15) is 5.10 Å². The molecule has 1 fully saturated rings. The van der Waals surface area contributed by atoms with Gasteiger partial charge < -0.3 is 9.80 Å². The van der Waals surface area contributed by atoms with Crippen molar-refractivity contribution in [2.24, 2.45) is 0 Å². The molecule has 1 saturated heterocycles. The minimum atomic E-state index is 0.0137. The van der Waals surface area contributed by atoms with E-state index in [-0.39, 0.29) is 5.56 Å². The fourth-order valence-corrected chi connectivity index (χ4v) is 4.26. The van der Waals surface area contributed by atoms with Crippen molar-refractivity contribution < 1.29 is 0 Å². The Balaban J connectivity index is 1.42. The van der Waals surface area contributed by atoms with Crippen LogP contribution >= 0.6 is 0 Å². The summed E-state index contributed by atoms with van der Waals surface area (Å²) >= 11 is 0. The zero-order valence-electron chi connectivity index (χ0n) is 15.6. The Morgan fingerprint density at radius 3 is 2.81 bits per heavy atom. The molecule has 5 nitrogen and oxygen atoms in total. The molecule has 2 aliphatic heterocycles. The SMILES string of the molecule is CN1CCCC[C@H]1CCn1ncc(N2CCc3ccccc3C2)cc1=O. The standard InChI is InChI=1S/C21H28N4O/c1-23-11-5-4-8-19(23)10-13-25-21(26)14-20(15-22-25)24-12-9-17-6-2-3-7-18(17)16-24/h2-3,6-7,14-15,19H,4-5,8-13,16H2,1H3/t19-/m0/s1. The smallest absolute Gasteiger partial charge is 0.268 e. The van der Waals surface area contributed by atoms with Crippen molar-refractivity contribution in [3.05, 3.63) is 58.0 Å². The first-order valence-electron chi connectivity index (χ1n) is 9.80. The highest BCUT2D eigenvalue weighted by Crippen LogP contribution is 2.23. The van der Waals surface area contributed by atoms with Gasteiger partial charge >= 0.3 is 0 Å². The summed E-state index contributed by atoms with van der Waals surface area (Å²) < 4.78 is 1.63. The third kappa shape index (κ3) is 3.68. The van der Waals surface area contributed by atoms with Crippen LogP contribution in [0, 0.1) is 0 Å². The summed E-state index contributed by atoms with van der Waals surface area (Å²) in [6.07, 6.45) is 7.70. The van der Waals surface area contributed by atoms with E-state index in [1.54, 1.807) is 10.7 Å². The third-order valence-electron chi connectivity index (χ3n) is 5.95. The van der Waals surface area contributed by atoms with Gasteiger partial charge in [0.1, 0.15) is 0 Å². The quantitative estimate of drug-likeness (QED) is 0.848. The number of fused-ring (bicyclic) bond motifs is 1. The second-order valence-electron chi connectivity index (χ2n) is 7.63. The lowest BCUT2D eigenvalue weighted by Gasteiger charge is -2.32. The molecule has 26 heavy (non-hydrogen) atoms. The van der Waals surface area contributed by atoms with Crippen molar-refractivity contribution in [3.8, 4) is 0 Å². The van der Waals surface area contributed by atoms with Crippen LogP contribution in [-0.2, 0) is 19.5 Å². The summed E-state index contributed by atoms with van der Waals surface area (Å²) in [6, 6.07) is 10.9. The van der Waals surface area contributed by atoms with Crippen molar-refractivity contribution in [1.29, 1.82) is 0 Å². The first-order chi connectivity index (χ1) is 12.7. The van der Waals surface area contributed by atoms with E-state index in [1.807, 2.05) is 6.20 Å². The maximum absolute atomic E-state index is 12.5. The summed E-state index contributed by atoms with van der Waals surface area (Å²) in [5.74, 6) is 0. The molecular weight excluding hydrogens is 324 g/mol. The van der Waals surface area contributed by atoms with Gasteiger partial charge in [0.05, 0.1) is 11.9 Å².